The van der Waals surface area contributed by atoms with Crippen LogP contribution in [0.2, 0.25) is 0 Å². The largest absolute Gasteiger partial charge is 0.303 e. The number of likely N-dealkylation sites (tertiary alicyclic amines) is 1. The molecule has 0 radical (unpaired) electrons. The summed E-state index contributed by atoms with van der Waals surface area (Å²) in [6, 6.07) is 0. The van der Waals surface area contributed by atoms with Gasteiger partial charge in [-0.3, -0.25) is 0 Å². The number of sulfonamides is 1. The molecule has 0 saturated carbocycles. The third-order valence-corrected chi connectivity index (χ3v) is 4.72. The minimum atomic E-state index is -3.04. The zero-order valence-electron chi connectivity index (χ0n) is 8.99. The van der Waals surface area contributed by atoms with Crippen LogP contribution in [0.5, 0.6) is 0 Å². The van der Waals surface area contributed by atoms with E-state index in [0.717, 1.165) is 38.9 Å². The molecule has 14 heavy (non-hydrogen) atoms. The van der Waals surface area contributed by atoms with Gasteiger partial charge in [-0.1, -0.05) is 6.92 Å². The molecule has 5 heteroatoms. The molecule has 1 saturated heterocycles. The predicted molar refractivity (Wildman–Crippen MR) is 57.7 cm³/mol. The number of nitrogens with zero attached hydrogens (tertiary/aromatic N) is 1. The summed E-state index contributed by atoms with van der Waals surface area (Å²) >= 11 is 0. The first kappa shape index (κ1) is 11.9. The second-order valence-corrected chi connectivity index (χ2v) is 5.96. The Labute approximate surface area is 86.7 Å². The molecule has 84 valence electrons. The van der Waals surface area contributed by atoms with Crippen LogP contribution >= 0.6 is 0 Å². The van der Waals surface area contributed by atoms with E-state index in [4.69, 9.17) is 0 Å². The topological polar surface area (TPSA) is 49.4 Å². The molecule has 0 bridgehead atoms. The number of piperidine rings is 1. The first-order valence-corrected chi connectivity index (χ1v) is 6.79. The van der Waals surface area contributed by atoms with Crippen molar-refractivity contribution in [3.8, 4) is 0 Å². The van der Waals surface area contributed by atoms with Gasteiger partial charge < -0.3 is 4.90 Å². The Hall–Kier alpha value is -0.130. The van der Waals surface area contributed by atoms with Gasteiger partial charge in [0.2, 0.25) is 10.0 Å². The maximum Gasteiger partial charge on any atom is 0.214 e. The van der Waals surface area contributed by atoms with Crippen LogP contribution < -0.4 is 4.72 Å². The summed E-state index contributed by atoms with van der Waals surface area (Å²) in [7, 11) is -1.54. The van der Waals surface area contributed by atoms with Gasteiger partial charge >= 0.3 is 0 Å². The molecule has 1 N–H and O–H groups in total. The number of hydrogen-bond donors (Lipinski definition) is 1. The molecule has 0 spiro atoms. The van der Waals surface area contributed by atoms with Crippen molar-refractivity contribution in [3.63, 3.8) is 0 Å². The lowest BCUT2D eigenvalue weighted by Gasteiger charge is -2.30. The van der Waals surface area contributed by atoms with Gasteiger partial charge in [0.05, 0.1) is 5.25 Å². The van der Waals surface area contributed by atoms with Crippen LogP contribution in [-0.4, -0.2) is 45.2 Å². The Morgan fingerprint density at radius 3 is 2.36 bits per heavy atom. The van der Waals surface area contributed by atoms with Crippen LogP contribution in [-0.2, 0) is 10.0 Å². The lowest BCUT2D eigenvalue weighted by molar-refractivity contribution is 0.230. The van der Waals surface area contributed by atoms with Gasteiger partial charge in [0.25, 0.3) is 0 Å². The third-order valence-electron chi connectivity index (χ3n) is 2.80. The Morgan fingerprint density at radius 1 is 1.36 bits per heavy atom. The average molecular weight is 220 g/mol. The minimum Gasteiger partial charge on any atom is -0.303 e. The summed E-state index contributed by atoms with van der Waals surface area (Å²) in [5.41, 5.74) is 0. The summed E-state index contributed by atoms with van der Waals surface area (Å²) in [4.78, 5) is 2.34. The average Bonchev–Trinajstić information content (AvgIpc) is 2.19. The van der Waals surface area contributed by atoms with E-state index in [9.17, 15) is 8.42 Å². The van der Waals surface area contributed by atoms with Gasteiger partial charge in [0.15, 0.2) is 0 Å². The van der Waals surface area contributed by atoms with Gasteiger partial charge in [-0.05, 0) is 45.9 Å². The Balaban J connectivity index is 2.43. The molecule has 0 aromatic rings. The van der Waals surface area contributed by atoms with Crippen LogP contribution in [0, 0.1) is 0 Å². The molecule has 1 heterocycles. The minimum absolute atomic E-state index is 0.180. The molecule has 0 aromatic carbocycles. The SMILES string of the molecule is CCCN1CCC(S(=O)(=O)NC)CC1. The maximum absolute atomic E-state index is 11.5. The molecular weight excluding hydrogens is 200 g/mol. The summed E-state index contributed by atoms with van der Waals surface area (Å²) in [5, 5.41) is -0.180. The van der Waals surface area contributed by atoms with E-state index in [1.54, 1.807) is 0 Å². The zero-order chi connectivity index (χ0) is 10.6. The molecular formula is C9H20N2O2S. The smallest absolute Gasteiger partial charge is 0.214 e. The molecule has 4 nitrogen and oxygen atoms in total. The Morgan fingerprint density at radius 2 is 1.93 bits per heavy atom. The first-order valence-electron chi connectivity index (χ1n) is 5.25. The van der Waals surface area contributed by atoms with Gasteiger partial charge in [0.1, 0.15) is 0 Å². The lowest BCUT2D eigenvalue weighted by atomic mass is 10.1. The summed E-state index contributed by atoms with van der Waals surface area (Å²) in [5.74, 6) is 0. The number of nitrogens with one attached hydrogen (secondary N) is 1. The Bertz CT molecular complexity index is 256. The summed E-state index contributed by atoms with van der Waals surface area (Å²) in [6.45, 7) is 5.07. The number of rotatable bonds is 4. The van der Waals surface area contributed by atoms with E-state index in [0.29, 0.717) is 0 Å². The molecule has 0 aliphatic carbocycles. The highest BCUT2D eigenvalue weighted by molar-refractivity contribution is 7.90. The van der Waals surface area contributed by atoms with E-state index >= 15 is 0 Å². The van der Waals surface area contributed by atoms with E-state index in [2.05, 4.69) is 16.5 Å². The molecule has 0 amide bonds. The quantitative estimate of drug-likeness (QED) is 0.746. The standard InChI is InChI=1S/C9H20N2O2S/c1-3-6-11-7-4-9(5-8-11)14(12,13)10-2/h9-10H,3-8H2,1-2H3. The highest BCUT2D eigenvalue weighted by Crippen LogP contribution is 2.16. The van der Waals surface area contributed by atoms with Gasteiger partial charge in [-0.25, -0.2) is 13.1 Å². The van der Waals surface area contributed by atoms with E-state index in [1.165, 1.54) is 7.05 Å². The predicted octanol–water partition coefficient (Wildman–Crippen LogP) is 0.410. The zero-order valence-corrected chi connectivity index (χ0v) is 9.81. The monoisotopic (exact) mass is 220 g/mol. The molecule has 1 aliphatic rings. The van der Waals surface area contributed by atoms with Crippen molar-refractivity contribution >= 4 is 10.0 Å². The molecule has 0 aromatic heterocycles. The van der Waals surface area contributed by atoms with Crippen LogP contribution in [0.1, 0.15) is 26.2 Å². The van der Waals surface area contributed by atoms with Gasteiger partial charge in [-0.15, -0.1) is 0 Å². The number of hydrogen-bond acceptors (Lipinski definition) is 3. The van der Waals surface area contributed by atoms with Crippen molar-refractivity contribution in [2.75, 3.05) is 26.7 Å². The molecule has 1 fully saturated rings. The van der Waals surface area contributed by atoms with Gasteiger partial charge in [0, 0.05) is 0 Å². The second-order valence-electron chi connectivity index (χ2n) is 3.79. The van der Waals surface area contributed by atoms with Gasteiger partial charge in [-0.2, -0.15) is 0 Å². The van der Waals surface area contributed by atoms with Crippen LogP contribution in [0.3, 0.4) is 0 Å². The fraction of sp³-hybridized carbons (Fsp3) is 1.00. The molecule has 0 unspecified atom stereocenters. The van der Waals surface area contributed by atoms with Crippen LogP contribution in [0.25, 0.3) is 0 Å². The van der Waals surface area contributed by atoms with Crippen molar-refractivity contribution in [1.82, 2.24) is 9.62 Å². The third kappa shape index (κ3) is 2.93. The maximum atomic E-state index is 11.5. The highest BCUT2D eigenvalue weighted by Gasteiger charge is 2.28. The molecule has 0 atom stereocenters. The van der Waals surface area contributed by atoms with Crippen LogP contribution in [0.15, 0.2) is 0 Å². The van der Waals surface area contributed by atoms with E-state index < -0.39 is 10.0 Å². The van der Waals surface area contributed by atoms with Crippen LogP contribution in [0.4, 0.5) is 0 Å². The van der Waals surface area contributed by atoms with Crippen molar-refractivity contribution in [1.29, 1.82) is 0 Å². The second kappa shape index (κ2) is 5.09. The van der Waals surface area contributed by atoms with Crippen molar-refractivity contribution in [3.05, 3.63) is 0 Å². The van der Waals surface area contributed by atoms with Crippen molar-refractivity contribution < 1.29 is 8.42 Å². The van der Waals surface area contributed by atoms with Crippen molar-refractivity contribution in [2.45, 2.75) is 31.4 Å². The Kier molecular flexibility index (Phi) is 4.34. The molecule has 1 aliphatic heterocycles. The highest BCUT2D eigenvalue weighted by atomic mass is 32.2. The normalized spacial score (nSPS) is 21.3. The summed E-state index contributed by atoms with van der Waals surface area (Å²) in [6.07, 6.45) is 2.68. The molecule has 1 rings (SSSR count). The first-order chi connectivity index (χ1) is 6.60. The van der Waals surface area contributed by atoms with E-state index in [1.807, 2.05) is 0 Å². The van der Waals surface area contributed by atoms with Crippen molar-refractivity contribution in [2.24, 2.45) is 0 Å². The fourth-order valence-electron chi connectivity index (χ4n) is 1.93. The summed E-state index contributed by atoms with van der Waals surface area (Å²) < 4.78 is 25.4. The van der Waals surface area contributed by atoms with E-state index in [-0.39, 0.29) is 5.25 Å². The fourth-order valence-corrected chi connectivity index (χ4v) is 3.09. The lowest BCUT2D eigenvalue weighted by Crippen LogP contribution is -2.42.